The van der Waals surface area contributed by atoms with Crippen molar-refractivity contribution in [3.8, 4) is 22.6 Å². The molecule has 0 radical (unpaired) electrons. The van der Waals surface area contributed by atoms with Crippen LogP contribution in [0.2, 0.25) is 0 Å². The largest absolute Gasteiger partial charge is 0.497 e. The molecular weight excluding hydrogens is 514 g/mol. The molecular formula is C34H25N3O4. The van der Waals surface area contributed by atoms with E-state index < -0.39 is 11.9 Å². The topological polar surface area (TPSA) is 92.8 Å². The summed E-state index contributed by atoms with van der Waals surface area (Å²) in [6.07, 6.45) is 1.45. The first-order valence-corrected chi connectivity index (χ1v) is 13.0. The van der Waals surface area contributed by atoms with Crippen LogP contribution in [0.5, 0.6) is 11.5 Å². The number of aromatic amines is 1. The number of amides is 1. The zero-order chi connectivity index (χ0) is 28.2. The van der Waals surface area contributed by atoms with Gasteiger partial charge in [-0.3, -0.25) is 4.79 Å². The van der Waals surface area contributed by atoms with Crippen LogP contribution in [0.3, 0.4) is 0 Å². The van der Waals surface area contributed by atoms with Gasteiger partial charge in [-0.05, 0) is 41.3 Å². The van der Waals surface area contributed by atoms with E-state index in [1.165, 1.54) is 13.3 Å². The molecule has 0 fully saturated rings. The van der Waals surface area contributed by atoms with Crippen LogP contribution in [0.4, 0.5) is 0 Å². The van der Waals surface area contributed by atoms with E-state index in [9.17, 15) is 9.59 Å². The van der Waals surface area contributed by atoms with Gasteiger partial charge in [0.25, 0.3) is 5.91 Å². The van der Waals surface area contributed by atoms with Crippen molar-refractivity contribution in [2.45, 2.75) is 0 Å². The molecule has 0 aliphatic rings. The van der Waals surface area contributed by atoms with Gasteiger partial charge in [-0.1, -0.05) is 84.9 Å². The van der Waals surface area contributed by atoms with Crippen molar-refractivity contribution in [2.24, 2.45) is 5.10 Å². The number of esters is 1. The molecule has 0 bridgehead atoms. The molecule has 41 heavy (non-hydrogen) atoms. The van der Waals surface area contributed by atoms with Crippen molar-refractivity contribution in [3.63, 3.8) is 0 Å². The van der Waals surface area contributed by atoms with Crippen LogP contribution in [0, 0.1) is 0 Å². The van der Waals surface area contributed by atoms with Crippen LogP contribution in [-0.4, -0.2) is 30.2 Å². The molecule has 1 amide bonds. The van der Waals surface area contributed by atoms with Crippen molar-refractivity contribution in [2.75, 3.05) is 7.11 Å². The summed E-state index contributed by atoms with van der Waals surface area (Å²) >= 11 is 0. The second-order valence-corrected chi connectivity index (χ2v) is 9.31. The minimum Gasteiger partial charge on any atom is -0.497 e. The molecule has 0 aliphatic heterocycles. The number of nitrogens with one attached hydrogen (secondary N) is 2. The minimum atomic E-state index is -0.536. The zero-order valence-electron chi connectivity index (χ0n) is 22.1. The lowest BCUT2D eigenvalue weighted by molar-refractivity contribution is 0.0733. The number of hydrazone groups is 1. The van der Waals surface area contributed by atoms with Gasteiger partial charge in [0.05, 0.1) is 24.4 Å². The average molecular weight is 540 g/mol. The van der Waals surface area contributed by atoms with Gasteiger partial charge in [0.15, 0.2) is 0 Å². The van der Waals surface area contributed by atoms with E-state index in [4.69, 9.17) is 9.47 Å². The van der Waals surface area contributed by atoms with Crippen LogP contribution in [-0.2, 0) is 0 Å². The maximum Gasteiger partial charge on any atom is 0.343 e. The van der Waals surface area contributed by atoms with E-state index in [0.717, 1.165) is 32.8 Å². The number of ether oxygens (including phenoxy) is 2. The monoisotopic (exact) mass is 539 g/mol. The fraction of sp³-hybridized carbons (Fsp3) is 0.0294. The molecule has 1 heterocycles. The van der Waals surface area contributed by atoms with Crippen molar-refractivity contribution < 1.29 is 19.1 Å². The molecule has 200 valence electrons. The third kappa shape index (κ3) is 5.16. The summed E-state index contributed by atoms with van der Waals surface area (Å²) in [5.74, 6) is -0.0740. The smallest absolute Gasteiger partial charge is 0.343 e. The number of fused-ring (bicyclic) bond motifs is 3. The van der Waals surface area contributed by atoms with E-state index in [1.54, 1.807) is 48.5 Å². The second-order valence-electron chi connectivity index (χ2n) is 9.31. The lowest BCUT2D eigenvalue weighted by atomic mass is 9.99. The lowest BCUT2D eigenvalue weighted by Crippen LogP contribution is -2.19. The van der Waals surface area contributed by atoms with Gasteiger partial charge >= 0.3 is 5.97 Å². The predicted molar refractivity (Wildman–Crippen MR) is 161 cm³/mol. The van der Waals surface area contributed by atoms with Gasteiger partial charge in [0.1, 0.15) is 17.2 Å². The van der Waals surface area contributed by atoms with Crippen LogP contribution < -0.4 is 14.9 Å². The number of para-hydroxylation sites is 1. The van der Waals surface area contributed by atoms with E-state index in [-0.39, 0.29) is 0 Å². The highest BCUT2D eigenvalue weighted by Crippen LogP contribution is 2.36. The van der Waals surface area contributed by atoms with Crippen molar-refractivity contribution in [1.29, 1.82) is 0 Å². The Hall–Kier alpha value is -5.69. The maximum absolute atomic E-state index is 13.5. The van der Waals surface area contributed by atoms with Gasteiger partial charge < -0.3 is 14.5 Å². The number of carbonyl (C=O) groups is 2. The highest BCUT2D eigenvalue weighted by Gasteiger charge is 2.20. The lowest BCUT2D eigenvalue weighted by Gasteiger charge is -2.08. The van der Waals surface area contributed by atoms with Crippen LogP contribution in [0.15, 0.2) is 120 Å². The molecule has 0 saturated heterocycles. The van der Waals surface area contributed by atoms with Gasteiger partial charge in [0, 0.05) is 21.9 Å². The Labute approximate surface area is 236 Å². The van der Waals surface area contributed by atoms with Gasteiger partial charge in [0.2, 0.25) is 0 Å². The number of methoxy groups -OCH3 is 1. The first kappa shape index (κ1) is 25.6. The number of nitrogens with zero attached hydrogens (tertiary/aromatic N) is 1. The maximum atomic E-state index is 13.5. The summed E-state index contributed by atoms with van der Waals surface area (Å²) in [6.45, 7) is 0. The Kier molecular flexibility index (Phi) is 6.99. The molecule has 0 spiro atoms. The Morgan fingerprint density at radius 2 is 1.59 bits per heavy atom. The standard InChI is InChI=1S/C34H25N3O4/c1-40-26-15-9-14-24(20-26)34(39)41-29-17-8-6-13-25(29)21-35-37-33(38)32-30(23-11-3-2-4-12-23)28-19-18-22-10-5-7-16-27(22)31(28)36-32/h2-21,36H,1H3,(H,37,38). The summed E-state index contributed by atoms with van der Waals surface area (Å²) in [5.41, 5.74) is 6.50. The molecule has 0 saturated carbocycles. The number of rotatable bonds is 7. The summed E-state index contributed by atoms with van der Waals surface area (Å²) in [6, 6.07) is 35.6. The first-order chi connectivity index (χ1) is 20.1. The van der Waals surface area contributed by atoms with Gasteiger partial charge in [-0.15, -0.1) is 0 Å². The number of hydrogen-bond donors (Lipinski definition) is 2. The Balaban J connectivity index is 1.29. The molecule has 2 N–H and O–H groups in total. The Bertz CT molecular complexity index is 1930. The van der Waals surface area contributed by atoms with E-state index in [0.29, 0.717) is 28.3 Å². The molecule has 6 aromatic rings. The van der Waals surface area contributed by atoms with Crippen LogP contribution in [0.25, 0.3) is 32.8 Å². The quantitative estimate of drug-likeness (QED) is 0.0991. The van der Waals surface area contributed by atoms with Crippen molar-refractivity contribution in [3.05, 3.63) is 132 Å². The van der Waals surface area contributed by atoms with Crippen molar-refractivity contribution >= 4 is 39.8 Å². The molecule has 6 rings (SSSR count). The Morgan fingerprint density at radius 3 is 2.44 bits per heavy atom. The van der Waals surface area contributed by atoms with Crippen molar-refractivity contribution in [1.82, 2.24) is 10.4 Å². The fourth-order valence-corrected chi connectivity index (χ4v) is 4.82. The summed E-state index contributed by atoms with van der Waals surface area (Å²) in [4.78, 5) is 29.6. The summed E-state index contributed by atoms with van der Waals surface area (Å²) in [5, 5.41) is 7.24. The molecule has 7 heteroatoms. The third-order valence-corrected chi connectivity index (χ3v) is 6.78. The van der Waals surface area contributed by atoms with E-state index in [1.807, 2.05) is 60.7 Å². The fourth-order valence-electron chi connectivity index (χ4n) is 4.82. The number of aromatic nitrogens is 1. The first-order valence-electron chi connectivity index (χ1n) is 13.0. The summed E-state index contributed by atoms with van der Waals surface area (Å²) in [7, 11) is 1.53. The molecule has 0 unspecified atom stereocenters. The van der Waals surface area contributed by atoms with E-state index >= 15 is 0 Å². The highest BCUT2D eigenvalue weighted by molar-refractivity contribution is 6.16. The molecule has 0 atom stereocenters. The molecule has 5 aromatic carbocycles. The minimum absolute atomic E-state index is 0.306. The summed E-state index contributed by atoms with van der Waals surface area (Å²) < 4.78 is 10.8. The highest BCUT2D eigenvalue weighted by atomic mass is 16.5. The third-order valence-electron chi connectivity index (χ3n) is 6.78. The average Bonchev–Trinajstić information content (AvgIpc) is 3.43. The Morgan fingerprint density at radius 1 is 0.805 bits per heavy atom. The zero-order valence-corrected chi connectivity index (χ0v) is 22.1. The van der Waals surface area contributed by atoms with Gasteiger partial charge in [-0.2, -0.15) is 5.10 Å². The van der Waals surface area contributed by atoms with Crippen LogP contribution in [0.1, 0.15) is 26.4 Å². The predicted octanol–water partition coefficient (Wildman–Crippen LogP) is 6.98. The molecule has 7 nitrogen and oxygen atoms in total. The molecule has 0 aliphatic carbocycles. The van der Waals surface area contributed by atoms with Gasteiger partial charge in [-0.25, -0.2) is 10.2 Å². The number of benzene rings is 5. The number of hydrogen-bond acceptors (Lipinski definition) is 5. The number of H-pyrrole nitrogens is 1. The number of carbonyl (C=O) groups excluding carboxylic acids is 2. The van der Waals surface area contributed by atoms with Crippen LogP contribution >= 0.6 is 0 Å². The molecule has 1 aromatic heterocycles. The SMILES string of the molecule is COc1cccc(C(=O)Oc2ccccc2C=NNC(=O)c2[nH]c3c(ccc4ccccc43)c2-c2ccccc2)c1. The normalized spacial score (nSPS) is 11.1. The second kappa shape index (κ2) is 11.2. The van der Waals surface area contributed by atoms with E-state index in [2.05, 4.69) is 21.6 Å².